The van der Waals surface area contributed by atoms with Crippen molar-refractivity contribution in [3.8, 4) is 0 Å². The predicted molar refractivity (Wildman–Crippen MR) is 74.4 cm³/mol. The molecule has 18 heavy (non-hydrogen) atoms. The van der Waals surface area contributed by atoms with Crippen LogP contribution in [-0.2, 0) is 4.79 Å². The maximum absolute atomic E-state index is 12.1. The summed E-state index contributed by atoms with van der Waals surface area (Å²) in [6.07, 6.45) is 0. The van der Waals surface area contributed by atoms with Crippen molar-refractivity contribution in [2.45, 2.75) is 19.9 Å². The van der Waals surface area contributed by atoms with Gasteiger partial charge in [-0.2, -0.15) is 0 Å². The Morgan fingerprint density at radius 2 is 1.78 bits per heavy atom. The number of carbonyl (C=O) groups excluding carboxylic acids is 1. The summed E-state index contributed by atoms with van der Waals surface area (Å²) in [7, 11) is 4.17. The summed E-state index contributed by atoms with van der Waals surface area (Å²) in [5, 5.41) is 0. The Kier molecular flexibility index (Phi) is 6.05. The highest BCUT2D eigenvalue weighted by Gasteiger charge is 2.26. The summed E-state index contributed by atoms with van der Waals surface area (Å²) in [6.45, 7) is 9.60. The summed E-state index contributed by atoms with van der Waals surface area (Å²) in [5.41, 5.74) is 5.79. The van der Waals surface area contributed by atoms with Gasteiger partial charge >= 0.3 is 0 Å². The van der Waals surface area contributed by atoms with E-state index >= 15 is 0 Å². The Hall–Kier alpha value is -0.650. The SMILES string of the molecule is CC(N)C(C)C(=O)N1CCN(CCN(C)C)CC1. The normalized spacial score (nSPS) is 21.1. The van der Waals surface area contributed by atoms with Gasteiger partial charge in [0.1, 0.15) is 0 Å². The van der Waals surface area contributed by atoms with Gasteiger partial charge in [0.2, 0.25) is 5.91 Å². The van der Waals surface area contributed by atoms with Crippen LogP contribution in [-0.4, -0.2) is 80.0 Å². The lowest BCUT2D eigenvalue weighted by Gasteiger charge is -2.36. The summed E-state index contributed by atoms with van der Waals surface area (Å²) < 4.78 is 0. The average molecular weight is 256 g/mol. The number of hydrogen-bond donors (Lipinski definition) is 1. The molecule has 0 bridgehead atoms. The lowest BCUT2D eigenvalue weighted by Crippen LogP contribution is -2.52. The molecule has 0 radical (unpaired) electrons. The van der Waals surface area contributed by atoms with Crippen molar-refractivity contribution in [1.82, 2.24) is 14.7 Å². The van der Waals surface area contributed by atoms with Crippen LogP contribution in [0.4, 0.5) is 0 Å². The van der Waals surface area contributed by atoms with E-state index in [9.17, 15) is 4.79 Å². The lowest BCUT2D eigenvalue weighted by atomic mass is 10.0. The van der Waals surface area contributed by atoms with E-state index in [0.717, 1.165) is 39.3 Å². The van der Waals surface area contributed by atoms with Crippen LogP contribution in [0.2, 0.25) is 0 Å². The first-order valence-corrected chi connectivity index (χ1v) is 6.83. The number of rotatable bonds is 5. The smallest absolute Gasteiger partial charge is 0.227 e. The van der Waals surface area contributed by atoms with Crippen LogP contribution in [0.1, 0.15) is 13.8 Å². The van der Waals surface area contributed by atoms with E-state index in [-0.39, 0.29) is 17.9 Å². The fourth-order valence-corrected chi connectivity index (χ4v) is 2.05. The topological polar surface area (TPSA) is 52.8 Å². The third kappa shape index (κ3) is 4.55. The van der Waals surface area contributed by atoms with E-state index in [1.165, 1.54) is 0 Å². The monoisotopic (exact) mass is 256 g/mol. The molecule has 1 amide bonds. The molecule has 0 aliphatic carbocycles. The minimum absolute atomic E-state index is 0.0655. The summed E-state index contributed by atoms with van der Waals surface area (Å²) in [4.78, 5) is 18.7. The van der Waals surface area contributed by atoms with Gasteiger partial charge < -0.3 is 15.5 Å². The van der Waals surface area contributed by atoms with E-state index in [2.05, 4.69) is 23.9 Å². The molecule has 1 heterocycles. The largest absolute Gasteiger partial charge is 0.340 e. The number of amides is 1. The van der Waals surface area contributed by atoms with Crippen LogP contribution in [0.5, 0.6) is 0 Å². The van der Waals surface area contributed by atoms with Gasteiger partial charge in [-0.05, 0) is 21.0 Å². The first-order chi connectivity index (χ1) is 8.41. The van der Waals surface area contributed by atoms with Gasteiger partial charge in [-0.25, -0.2) is 0 Å². The van der Waals surface area contributed by atoms with Crippen molar-refractivity contribution in [1.29, 1.82) is 0 Å². The minimum atomic E-state index is -0.0710. The Labute approximate surface area is 111 Å². The van der Waals surface area contributed by atoms with Crippen LogP contribution in [0.15, 0.2) is 0 Å². The van der Waals surface area contributed by atoms with Gasteiger partial charge in [0, 0.05) is 45.3 Å². The zero-order chi connectivity index (χ0) is 13.7. The Balaban J connectivity index is 2.32. The van der Waals surface area contributed by atoms with Gasteiger partial charge in [-0.15, -0.1) is 0 Å². The van der Waals surface area contributed by atoms with Gasteiger partial charge in [0.25, 0.3) is 0 Å². The highest BCUT2D eigenvalue weighted by atomic mass is 16.2. The van der Waals surface area contributed by atoms with Crippen LogP contribution >= 0.6 is 0 Å². The van der Waals surface area contributed by atoms with Gasteiger partial charge in [0.15, 0.2) is 0 Å². The van der Waals surface area contributed by atoms with Crippen LogP contribution in [0, 0.1) is 5.92 Å². The minimum Gasteiger partial charge on any atom is -0.340 e. The molecule has 106 valence electrons. The molecule has 2 unspecified atom stereocenters. The van der Waals surface area contributed by atoms with Crippen LogP contribution in [0.25, 0.3) is 0 Å². The Morgan fingerprint density at radius 3 is 2.22 bits per heavy atom. The lowest BCUT2D eigenvalue weighted by molar-refractivity contribution is -0.137. The third-order valence-electron chi connectivity index (χ3n) is 3.73. The standard InChI is InChI=1S/C13H28N4O/c1-11(12(2)14)13(18)17-9-7-16(8-10-17)6-5-15(3)4/h11-12H,5-10,14H2,1-4H3. The Morgan fingerprint density at radius 1 is 1.22 bits per heavy atom. The molecule has 0 aromatic rings. The second kappa shape index (κ2) is 7.07. The van der Waals surface area contributed by atoms with Gasteiger partial charge in [0.05, 0.1) is 5.92 Å². The van der Waals surface area contributed by atoms with Crippen molar-refractivity contribution >= 4 is 5.91 Å². The number of piperazine rings is 1. The first kappa shape index (κ1) is 15.4. The molecular weight excluding hydrogens is 228 g/mol. The second-order valence-corrected chi connectivity index (χ2v) is 5.62. The zero-order valence-electron chi connectivity index (χ0n) is 12.2. The first-order valence-electron chi connectivity index (χ1n) is 6.83. The molecule has 1 fully saturated rings. The van der Waals surface area contributed by atoms with E-state index in [4.69, 9.17) is 5.73 Å². The number of hydrogen-bond acceptors (Lipinski definition) is 4. The maximum atomic E-state index is 12.1. The van der Waals surface area contributed by atoms with Gasteiger partial charge in [-0.3, -0.25) is 9.69 Å². The molecule has 2 atom stereocenters. The zero-order valence-corrected chi connectivity index (χ0v) is 12.2. The molecule has 0 saturated carbocycles. The summed E-state index contributed by atoms with van der Waals surface area (Å²) in [5.74, 6) is 0.135. The number of likely N-dealkylation sites (N-methyl/N-ethyl adjacent to an activating group) is 1. The molecule has 2 N–H and O–H groups in total. The van der Waals surface area contributed by atoms with E-state index < -0.39 is 0 Å². The van der Waals surface area contributed by atoms with E-state index in [1.54, 1.807) is 0 Å². The molecule has 5 heteroatoms. The fourth-order valence-electron chi connectivity index (χ4n) is 2.05. The van der Waals surface area contributed by atoms with E-state index in [0.29, 0.717) is 0 Å². The highest BCUT2D eigenvalue weighted by molar-refractivity contribution is 5.79. The van der Waals surface area contributed by atoms with Crippen LogP contribution < -0.4 is 5.73 Å². The highest BCUT2D eigenvalue weighted by Crippen LogP contribution is 2.09. The van der Waals surface area contributed by atoms with Crippen molar-refractivity contribution < 1.29 is 4.79 Å². The number of nitrogens with zero attached hydrogens (tertiary/aromatic N) is 3. The number of carbonyl (C=O) groups is 1. The third-order valence-corrected chi connectivity index (χ3v) is 3.73. The summed E-state index contributed by atoms with van der Waals surface area (Å²) in [6, 6.07) is -0.0655. The predicted octanol–water partition coefficient (Wildman–Crippen LogP) is -0.324. The van der Waals surface area contributed by atoms with Crippen molar-refractivity contribution in [2.24, 2.45) is 11.7 Å². The van der Waals surface area contributed by atoms with Gasteiger partial charge in [-0.1, -0.05) is 6.92 Å². The van der Waals surface area contributed by atoms with Crippen molar-refractivity contribution in [2.75, 3.05) is 53.4 Å². The molecule has 1 rings (SSSR count). The molecule has 0 aromatic carbocycles. The number of nitrogens with two attached hydrogens (primary N) is 1. The fraction of sp³-hybridized carbons (Fsp3) is 0.923. The average Bonchev–Trinajstić information content (AvgIpc) is 2.35. The van der Waals surface area contributed by atoms with Crippen molar-refractivity contribution in [3.05, 3.63) is 0 Å². The molecule has 0 spiro atoms. The molecular formula is C13H28N4O. The quantitative estimate of drug-likeness (QED) is 0.732. The molecule has 1 saturated heterocycles. The van der Waals surface area contributed by atoms with Crippen molar-refractivity contribution in [3.63, 3.8) is 0 Å². The second-order valence-electron chi connectivity index (χ2n) is 5.62. The Bertz CT molecular complexity index is 260. The maximum Gasteiger partial charge on any atom is 0.227 e. The van der Waals surface area contributed by atoms with Crippen LogP contribution in [0.3, 0.4) is 0 Å². The molecule has 5 nitrogen and oxygen atoms in total. The molecule has 0 aromatic heterocycles. The van der Waals surface area contributed by atoms with E-state index in [1.807, 2.05) is 18.7 Å². The molecule has 1 aliphatic rings. The summed E-state index contributed by atoms with van der Waals surface area (Å²) >= 11 is 0. The molecule has 1 aliphatic heterocycles.